The van der Waals surface area contributed by atoms with Gasteiger partial charge in [0, 0.05) is 19.2 Å². The van der Waals surface area contributed by atoms with Crippen LogP contribution in [0.2, 0.25) is 5.02 Å². The van der Waals surface area contributed by atoms with Crippen LogP contribution in [0.4, 0.5) is 5.82 Å². The van der Waals surface area contributed by atoms with E-state index in [4.69, 9.17) is 16.3 Å². The van der Waals surface area contributed by atoms with Crippen LogP contribution in [0.3, 0.4) is 0 Å². The molecule has 8 heteroatoms. The van der Waals surface area contributed by atoms with Gasteiger partial charge in [0.15, 0.2) is 5.82 Å². The molecular weight excluding hydrogens is 346 g/mol. The zero-order valence-corrected chi connectivity index (χ0v) is 14.2. The van der Waals surface area contributed by atoms with Crippen LogP contribution in [-0.2, 0) is 9.53 Å². The standard InChI is InChI=1S/C17H18ClN3O4/c18-14-6-2-1-5-13(14)17(23)21(10-12-4-3-8-24-12)11-16(22)19-15-7-9-25-20-15/h1-2,5-7,9,12H,3-4,8,10-11H2,(H,19,20,22). The highest BCUT2D eigenvalue weighted by Gasteiger charge is 2.26. The number of aromatic nitrogens is 1. The second-order valence-corrected chi connectivity index (χ2v) is 6.14. The lowest BCUT2D eigenvalue weighted by Crippen LogP contribution is -2.42. The number of carbonyl (C=O) groups is 2. The second-order valence-electron chi connectivity index (χ2n) is 5.73. The molecular formula is C17H18ClN3O4. The predicted molar refractivity (Wildman–Crippen MR) is 91.5 cm³/mol. The van der Waals surface area contributed by atoms with Gasteiger partial charge in [-0.3, -0.25) is 9.59 Å². The van der Waals surface area contributed by atoms with Crippen molar-refractivity contribution in [2.24, 2.45) is 0 Å². The van der Waals surface area contributed by atoms with Gasteiger partial charge in [-0.25, -0.2) is 0 Å². The molecule has 2 heterocycles. The molecule has 1 N–H and O–H groups in total. The molecule has 25 heavy (non-hydrogen) atoms. The maximum absolute atomic E-state index is 12.9. The van der Waals surface area contributed by atoms with Crippen molar-refractivity contribution in [2.75, 3.05) is 25.0 Å². The molecule has 2 aromatic rings. The smallest absolute Gasteiger partial charge is 0.255 e. The molecule has 1 aromatic heterocycles. The minimum Gasteiger partial charge on any atom is -0.376 e. The first-order chi connectivity index (χ1) is 12.1. The summed E-state index contributed by atoms with van der Waals surface area (Å²) in [4.78, 5) is 26.6. The van der Waals surface area contributed by atoms with Crippen molar-refractivity contribution in [1.29, 1.82) is 0 Å². The third kappa shape index (κ3) is 4.58. The van der Waals surface area contributed by atoms with Gasteiger partial charge in [-0.2, -0.15) is 0 Å². The number of nitrogens with one attached hydrogen (secondary N) is 1. The highest BCUT2D eigenvalue weighted by atomic mass is 35.5. The molecule has 1 aromatic carbocycles. The van der Waals surface area contributed by atoms with E-state index in [9.17, 15) is 9.59 Å². The Labute approximate surface area is 149 Å². The van der Waals surface area contributed by atoms with Crippen molar-refractivity contribution in [1.82, 2.24) is 10.1 Å². The monoisotopic (exact) mass is 363 g/mol. The summed E-state index contributed by atoms with van der Waals surface area (Å²) in [5.74, 6) is -0.379. The first kappa shape index (κ1) is 17.4. The number of nitrogens with zero attached hydrogens (tertiary/aromatic N) is 2. The van der Waals surface area contributed by atoms with Crippen molar-refractivity contribution in [3.63, 3.8) is 0 Å². The Morgan fingerprint density at radius 2 is 2.16 bits per heavy atom. The quantitative estimate of drug-likeness (QED) is 0.852. The van der Waals surface area contributed by atoms with Gasteiger partial charge in [-0.1, -0.05) is 28.9 Å². The Balaban J connectivity index is 1.73. The summed E-state index contributed by atoms with van der Waals surface area (Å²) in [6.45, 7) is 0.872. The van der Waals surface area contributed by atoms with E-state index in [0.717, 1.165) is 12.8 Å². The fraction of sp³-hybridized carbons (Fsp3) is 0.353. The van der Waals surface area contributed by atoms with E-state index in [1.807, 2.05) is 0 Å². The van der Waals surface area contributed by atoms with Gasteiger partial charge in [0.25, 0.3) is 5.91 Å². The van der Waals surface area contributed by atoms with Gasteiger partial charge in [-0.15, -0.1) is 0 Å². The van der Waals surface area contributed by atoms with E-state index < -0.39 is 0 Å². The Kier molecular flexibility index (Phi) is 5.67. The van der Waals surface area contributed by atoms with Crippen LogP contribution in [0.15, 0.2) is 41.1 Å². The molecule has 0 spiro atoms. The van der Waals surface area contributed by atoms with Crippen LogP contribution in [0.1, 0.15) is 23.2 Å². The van der Waals surface area contributed by atoms with Crippen LogP contribution < -0.4 is 5.32 Å². The fourth-order valence-corrected chi connectivity index (χ4v) is 2.91. The minimum atomic E-state index is -0.368. The number of hydrogen-bond acceptors (Lipinski definition) is 5. The summed E-state index contributed by atoms with van der Waals surface area (Å²) in [7, 11) is 0. The van der Waals surface area contributed by atoms with E-state index in [1.165, 1.54) is 17.2 Å². The van der Waals surface area contributed by atoms with Gasteiger partial charge in [-0.05, 0) is 25.0 Å². The third-order valence-corrected chi connectivity index (χ3v) is 4.21. The first-order valence-corrected chi connectivity index (χ1v) is 8.37. The van der Waals surface area contributed by atoms with Crippen molar-refractivity contribution < 1.29 is 18.8 Å². The lowest BCUT2D eigenvalue weighted by molar-refractivity contribution is -0.117. The zero-order valence-electron chi connectivity index (χ0n) is 13.5. The van der Waals surface area contributed by atoms with Crippen molar-refractivity contribution in [2.45, 2.75) is 18.9 Å². The summed E-state index contributed by atoms with van der Waals surface area (Å²) < 4.78 is 10.3. The summed E-state index contributed by atoms with van der Waals surface area (Å²) in [5, 5.41) is 6.56. The first-order valence-electron chi connectivity index (χ1n) is 7.99. The van der Waals surface area contributed by atoms with Gasteiger partial charge in [0.2, 0.25) is 5.91 Å². The molecule has 3 rings (SSSR count). The average Bonchev–Trinajstić information content (AvgIpc) is 3.28. The van der Waals surface area contributed by atoms with E-state index in [0.29, 0.717) is 29.6 Å². The van der Waals surface area contributed by atoms with Crippen molar-refractivity contribution >= 4 is 29.2 Å². The van der Waals surface area contributed by atoms with Crippen LogP contribution in [0.5, 0.6) is 0 Å². The van der Waals surface area contributed by atoms with Gasteiger partial charge < -0.3 is 19.5 Å². The molecule has 0 saturated carbocycles. The summed E-state index contributed by atoms with van der Waals surface area (Å²) in [5.41, 5.74) is 0.358. The summed E-state index contributed by atoms with van der Waals surface area (Å²) in [6, 6.07) is 8.30. The molecule has 0 radical (unpaired) electrons. The lowest BCUT2D eigenvalue weighted by Gasteiger charge is -2.25. The van der Waals surface area contributed by atoms with Gasteiger partial charge in [0.1, 0.15) is 12.8 Å². The van der Waals surface area contributed by atoms with Crippen LogP contribution >= 0.6 is 11.6 Å². The number of hydrogen-bond donors (Lipinski definition) is 1. The summed E-state index contributed by atoms with van der Waals surface area (Å²) >= 11 is 6.13. The molecule has 1 atom stereocenters. The van der Waals surface area contributed by atoms with E-state index in [-0.39, 0.29) is 24.5 Å². The number of rotatable bonds is 6. The molecule has 1 unspecified atom stereocenters. The average molecular weight is 364 g/mol. The largest absolute Gasteiger partial charge is 0.376 e. The number of ether oxygens (including phenoxy) is 1. The van der Waals surface area contributed by atoms with Crippen LogP contribution in [0, 0.1) is 0 Å². The lowest BCUT2D eigenvalue weighted by atomic mass is 10.1. The Hall–Kier alpha value is -2.38. The molecule has 0 bridgehead atoms. The molecule has 132 valence electrons. The Bertz CT molecular complexity index is 729. The number of benzene rings is 1. The third-order valence-electron chi connectivity index (χ3n) is 3.88. The van der Waals surface area contributed by atoms with E-state index in [2.05, 4.69) is 15.0 Å². The molecule has 1 saturated heterocycles. The van der Waals surface area contributed by atoms with Crippen LogP contribution in [-0.4, -0.2) is 47.7 Å². The Morgan fingerprint density at radius 3 is 2.84 bits per heavy atom. The number of amides is 2. The molecule has 7 nitrogen and oxygen atoms in total. The van der Waals surface area contributed by atoms with Crippen molar-refractivity contribution in [3.05, 3.63) is 47.2 Å². The minimum absolute atomic E-state index is 0.0775. The molecule has 1 fully saturated rings. The topological polar surface area (TPSA) is 84.7 Å². The fourth-order valence-electron chi connectivity index (χ4n) is 2.69. The molecule has 0 aliphatic carbocycles. The molecule has 1 aliphatic heterocycles. The maximum atomic E-state index is 12.9. The van der Waals surface area contributed by atoms with E-state index in [1.54, 1.807) is 24.3 Å². The number of carbonyl (C=O) groups excluding carboxylic acids is 2. The van der Waals surface area contributed by atoms with Crippen molar-refractivity contribution in [3.8, 4) is 0 Å². The van der Waals surface area contributed by atoms with Gasteiger partial charge in [0.05, 0.1) is 16.7 Å². The predicted octanol–water partition coefficient (Wildman–Crippen LogP) is 2.59. The number of halogens is 1. The summed E-state index contributed by atoms with van der Waals surface area (Å²) in [6.07, 6.45) is 3.08. The maximum Gasteiger partial charge on any atom is 0.255 e. The second kappa shape index (κ2) is 8.13. The highest BCUT2D eigenvalue weighted by Crippen LogP contribution is 2.19. The van der Waals surface area contributed by atoms with E-state index >= 15 is 0 Å². The SMILES string of the molecule is O=C(CN(CC1CCCO1)C(=O)c1ccccc1Cl)Nc1ccon1. The highest BCUT2D eigenvalue weighted by molar-refractivity contribution is 6.33. The Morgan fingerprint density at radius 1 is 1.32 bits per heavy atom. The van der Waals surface area contributed by atoms with Crippen LogP contribution in [0.25, 0.3) is 0 Å². The molecule has 1 aliphatic rings. The number of anilines is 1. The zero-order chi connectivity index (χ0) is 17.6. The molecule has 2 amide bonds. The normalized spacial score (nSPS) is 16.6. The van der Waals surface area contributed by atoms with Gasteiger partial charge >= 0.3 is 0 Å².